The fraction of sp³-hybridized carbons (Fsp3) is 0.556. The molecule has 4 nitrogen and oxygen atoms in total. The third-order valence-corrected chi connectivity index (χ3v) is 4.63. The van der Waals surface area contributed by atoms with E-state index in [9.17, 15) is 14.7 Å². The van der Waals surface area contributed by atoms with Crippen molar-refractivity contribution in [1.82, 2.24) is 5.32 Å². The van der Waals surface area contributed by atoms with Crippen molar-refractivity contribution >= 4 is 11.9 Å². The molecular weight excluding hydrogens is 278 g/mol. The molecule has 22 heavy (non-hydrogen) atoms. The van der Waals surface area contributed by atoms with E-state index in [-0.39, 0.29) is 12.3 Å². The molecule has 4 heteroatoms. The molecule has 1 aromatic carbocycles. The Morgan fingerprint density at radius 1 is 1.27 bits per heavy atom. The predicted octanol–water partition coefficient (Wildman–Crippen LogP) is 3.08. The van der Waals surface area contributed by atoms with Gasteiger partial charge in [-0.1, -0.05) is 30.7 Å². The first kappa shape index (κ1) is 16.5. The highest BCUT2D eigenvalue weighted by Crippen LogP contribution is 2.44. The summed E-state index contributed by atoms with van der Waals surface area (Å²) in [6.07, 6.45) is 2.92. The lowest BCUT2D eigenvalue weighted by molar-refractivity contribution is -0.157. The number of nitrogens with one attached hydrogen (secondary N) is 1. The smallest absolute Gasteiger partial charge is 0.310 e. The van der Waals surface area contributed by atoms with E-state index in [4.69, 9.17) is 0 Å². The van der Waals surface area contributed by atoms with Crippen molar-refractivity contribution in [3.05, 3.63) is 35.4 Å². The molecule has 0 aromatic heterocycles. The summed E-state index contributed by atoms with van der Waals surface area (Å²) in [5, 5.41) is 12.3. The number of rotatable bonds is 6. The lowest BCUT2D eigenvalue weighted by atomic mass is 9.66. The van der Waals surface area contributed by atoms with Crippen LogP contribution in [0.1, 0.15) is 50.7 Å². The van der Waals surface area contributed by atoms with Crippen molar-refractivity contribution in [3.8, 4) is 0 Å². The lowest BCUT2D eigenvalue weighted by Gasteiger charge is -2.38. The fourth-order valence-electron chi connectivity index (χ4n) is 3.13. The number of hydrogen-bond donors (Lipinski definition) is 2. The summed E-state index contributed by atoms with van der Waals surface area (Å²) in [5.74, 6) is -1.01. The Morgan fingerprint density at radius 3 is 2.41 bits per heavy atom. The van der Waals surface area contributed by atoms with Crippen molar-refractivity contribution in [2.75, 3.05) is 0 Å². The summed E-state index contributed by atoms with van der Waals surface area (Å²) < 4.78 is 0. The molecule has 0 saturated heterocycles. The normalized spacial score (nSPS) is 16.7. The second kappa shape index (κ2) is 6.11. The van der Waals surface area contributed by atoms with Gasteiger partial charge in [-0.3, -0.25) is 9.59 Å². The van der Waals surface area contributed by atoms with Crippen LogP contribution in [0, 0.1) is 12.3 Å². The molecule has 1 amide bonds. The van der Waals surface area contributed by atoms with Gasteiger partial charge in [0.1, 0.15) is 0 Å². The maximum Gasteiger partial charge on any atom is 0.310 e. The van der Waals surface area contributed by atoms with E-state index in [1.165, 1.54) is 11.1 Å². The van der Waals surface area contributed by atoms with E-state index >= 15 is 0 Å². The number of carboxylic acid groups (broad SMARTS) is 1. The van der Waals surface area contributed by atoms with Gasteiger partial charge in [-0.25, -0.2) is 0 Å². The maximum absolute atomic E-state index is 12.3. The SMILES string of the molecule is Cc1ccccc1CC(C)(C)NC(=O)CC1(C(=O)O)CCC1. The first-order chi connectivity index (χ1) is 10.2. The van der Waals surface area contributed by atoms with E-state index in [0.717, 1.165) is 12.8 Å². The van der Waals surface area contributed by atoms with Crippen LogP contribution in [-0.2, 0) is 16.0 Å². The van der Waals surface area contributed by atoms with Gasteiger partial charge in [0.25, 0.3) is 0 Å². The monoisotopic (exact) mass is 303 g/mol. The summed E-state index contributed by atoms with van der Waals surface area (Å²) in [6.45, 7) is 6.01. The molecule has 0 aliphatic heterocycles. The molecule has 2 rings (SSSR count). The third-order valence-electron chi connectivity index (χ3n) is 4.63. The average Bonchev–Trinajstić information content (AvgIpc) is 2.35. The van der Waals surface area contributed by atoms with E-state index in [1.807, 2.05) is 26.0 Å². The average molecular weight is 303 g/mol. The van der Waals surface area contributed by atoms with Gasteiger partial charge in [0.15, 0.2) is 0 Å². The van der Waals surface area contributed by atoms with Gasteiger partial charge in [0.05, 0.1) is 5.41 Å². The molecule has 0 unspecified atom stereocenters. The Hall–Kier alpha value is -1.84. The minimum atomic E-state index is -0.842. The first-order valence-electron chi connectivity index (χ1n) is 7.83. The highest BCUT2D eigenvalue weighted by atomic mass is 16.4. The molecule has 0 radical (unpaired) electrons. The van der Waals surface area contributed by atoms with Crippen molar-refractivity contribution < 1.29 is 14.7 Å². The molecule has 0 spiro atoms. The van der Waals surface area contributed by atoms with Crippen molar-refractivity contribution in [2.24, 2.45) is 5.41 Å². The number of carboxylic acids is 1. The van der Waals surface area contributed by atoms with Crippen LogP contribution < -0.4 is 5.32 Å². The van der Waals surface area contributed by atoms with Crippen LogP contribution in [0.5, 0.6) is 0 Å². The highest BCUT2D eigenvalue weighted by Gasteiger charge is 2.46. The van der Waals surface area contributed by atoms with Gasteiger partial charge in [-0.15, -0.1) is 0 Å². The van der Waals surface area contributed by atoms with Gasteiger partial charge in [0.2, 0.25) is 5.91 Å². The number of aryl methyl sites for hydroxylation is 1. The summed E-state index contributed by atoms with van der Waals surface area (Å²) >= 11 is 0. The second-order valence-corrected chi connectivity index (χ2v) is 7.15. The Balaban J connectivity index is 1.98. The number of benzene rings is 1. The summed E-state index contributed by atoms with van der Waals surface area (Å²) in [6, 6.07) is 8.11. The first-order valence-corrected chi connectivity index (χ1v) is 7.83. The van der Waals surface area contributed by atoms with Crippen LogP contribution in [0.15, 0.2) is 24.3 Å². The van der Waals surface area contributed by atoms with Gasteiger partial charge in [-0.05, 0) is 51.2 Å². The lowest BCUT2D eigenvalue weighted by Crippen LogP contribution is -2.49. The van der Waals surface area contributed by atoms with Crippen LogP contribution in [0.2, 0.25) is 0 Å². The quantitative estimate of drug-likeness (QED) is 0.848. The molecule has 0 heterocycles. The Morgan fingerprint density at radius 2 is 1.91 bits per heavy atom. The summed E-state index contributed by atoms with van der Waals surface area (Å²) in [4.78, 5) is 23.6. The third kappa shape index (κ3) is 3.67. The summed E-state index contributed by atoms with van der Waals surface area (Å²) in [7, 11) is 0. The van der Waals surface area contributed by atoms with E-state index in [0.29, 0.717) is 12.8 Å². The molecule has 1 aliphatic rings. The van der Waals surface area contributed by atoms with Crippen LogP contribution >= 0.6 is 0 Å². The standard InChI is InChI=1S/C18H25NO3/c1-13-7-4-5-8-14(13)11-17(2,3)19-15(20)12-18(16(21)22)9-6-10-18/h4-5,7-8H,6,9-12H2,1-3H3,(H,19,20)(H,21,22). The molecular formula is C18H25NO3. The minimum Gasteiger partial charge on any atom is -0.481 e. The topological polar surface area (TPSA) is 66.4 Å². The Labute approximate surface area is 131 Å². The number of carbonyl (C=O) groups excluding carboxylic acids is 1. The van der Waals surface area contributed by atoms with Crippen molar-refractivity contribution in [2.45, 2.75) is 58.4 Å². The Kier molecular flexibility index (Phi) is 4.59. The zero-order valence-corrected chi connectivity index (χ0v) is 13.6. The zero-order valence-electron chi connectivity index (χ0n) is 13.6. The van der Waals surface area contributed by atoms with Gasteiger partial charge in [0, 0.05) is 12.0 Å². The van der Waals surface area contributed by atoms with Crippen molar-refractivity contribution in [3.63, 3.8) is 0 Å². The maximum atomic E-state index is 12.3. The number of amides is 1. The molecule has 2 N–H and O–H groups in total. The molecule has 1 aromatic rings. The van der Waals surface area contributed by atoms with Crippen LogP contribution in [-0.4, -0.2) is 22.5 Å². The fourth-order valence-corrected chi connectivity index (χ4v) is 3.13. The van der Waals surface area contributed by atoms with E-state index in [1.54, 1.807) is 0 Å². The van der Waals surface area contributed by atoms with E-state index < -0.39 is 16.9 Å². The van der Waals surface area contributed by atoms with Gasteiger partial charge >= 0.3 is 5.97 Å². The second-order valence-electron chi connectivity index (χ2n) is 7.15. The number of hydrogen-bond acceptors (Lipinski definition) is 2. The molecule has 120 valence electrons. The Bertz CT molecular complexity index is 573. The largest absolute Gasteiger partial charge is 0.481 e. The zero-order chi connectivity index (χ0) is 16.4. The van der Waals surface area contributed by atoms with Crippen molar-refractivity contribution in [1.29, 1.82) is 0 Å². The molecule has 1 aliphatic carbocycles. The summed E-state index contributed by atoms with van der Waals surface area (Å²) in [5.41, 5.74) is 1.17. The van der Waals surface area contributed by atoms with Crippen LogP contribution in [0.4, 0.5) is 0 Å². The molecule has 0 atom stereocenters. The molecule has 1 saturated carbocycles. The number of carbonyl (C=O) groups is 2. The predicted molar refractivity (Wildman–Crippen MR) is 85.6 cm³/mol. The van der Waals surface area contributed by atoms with Gasteiger partial charge < -0.3 is 10.4 Å². The van der Waals surface area contributed by atoms with Crippen LogP contribution in [0.25, 0.3) is 0 Å². The van der Waals surface area contributed by atoms with E-state index in [2.05, 4.69) is 24.4 Å². The molecule has 1 fully saturated rings. The molecule has 0 bridgehead atoms. The number of aliphatic carboxylic acids is 1. The minimum absolute atomic E-state index is 0.0829. The van der Waals surface area contributed by atoms with Gasteiger partial charge in [-0.2, -0.15) is 0 Å². The van der Waals surface area contributed by atoms with Crippen LogP contribution in [0.3, 0.4) is 0 Å². The highest BCUT2D eigenvalue weighted by molar-refractivity contribution is 5.86.